The summed E-state index contributed by atoms with van der Waals surface area (Å²) in [6.07, 6.45) is -2.78. The van der Waals surface area contributed by atoms with Gasteiger partial charge in [0.2, 0.25) is 0 Å². The molecule has 1 aliphatic rings. The van der Waals surface area contributed by atoms with Crippen molar-refractivity contribution in [3.63, 3.8) is 0 Å². The van der Waals surface area contributed by atoms with Gasteiger partial charge in [0.1, 0.15) is 5.82 Å². The molecule has 0 bridgehead atoms. The van der Waals surface area contributed by atoms with Crippen molar-refractivity contribution in [2.45, 2.75) is 24.9 Å². The van der Waals surface area contributed by atoms with Crippen LogP contribution in [0.2, 0.25) is 0 Å². The highest BCUT2D eigenvalue weighted by molar-refractivity contribution is 5.29. The lowest BCUT2D eigenvalue weighted by Gasteiger charge is -2.23. The summed E-state index contributed by atoms with van der Waals surface area (Å²) < 4.78 is 50.8. The summed E-state index contributed by atoms with van der Waals surface area (Å²) >= 11 is 0. The highest BCUT2D eigenvalue weighted by atomic mass is 19.4. The van der Waals surface area contributed by atoms with Crippen molar-refractivity contribution in [1.82, 2.24) is 5.32 Å². The summed E-state index contributed by atoms with van der Waals surface area (Å²) in [7, 11) is 0. The molecule has 94 valence electrons. The molecule has 0 aliphatic carbocycles. The largest absolute Gasteiger partial charge is 0.416 e. The van der Waals surface area contributed by atoms with Crippen molar-refractivity contribution >= 4 is 0 Å². The van der Waals surface area contributed by atoms with Crippen LogP contribution in [0, 0.1) is 5.82 Å². The van der Waals surface area contributed by atoms with E-state index in [-0.39, 0.29) is 5.92 Å². The summed E-state index contributed by atoms with van der Waals surface area (Å²) in [4.78, 5) is 0. The Labute approximate surface area is 96.8 Å². The van der Waals surface area contributed by atoms with Crippen molar-refractivity contribution in [3.05, 3.63) is 35.1 Å². The van der Waals surface area contributed by atoms with Crippen LogP contribution in [0.3, 0.4) is 0 Å². The fourth-order valence-corrected chi connectivity index (χ4v) is 2.15. The minimum atomic E-state index is -4.49. The van der Waals surface area contributed by atoms with Gasteiger partial charge in [0.05, 0.1) is 5.56 Å². The molecule has 0 amide bonds. The first kappa shape index (κ1) is 12.4. The first-order chi connectivity index (χ1) is 7.97. The molecular weight excluding hydrogens is 234 g/mol. The Morgan fingerprint density at radius 3 is 2.53 bits per heavy atom. The molecule has 0 spiro atoms. The molecule has 1 N–H and O–H groups in total. The molecule has 5 heteroatoms. The number of halogens is 4. The van der Waals surface area contributed by atoms with E-state index in [1.54, 1.807) is 0 Å². The van der Waals surface area contributed by atoms with Gasteiger partial charge in [0.15, 0.2) is 0 Å². The van der Waals surface area contributed by atoms with Crippen molar-refractivity contribution in [2.24, 2.45) is 0 Å². The quantitative estimate of drug-likeness (QED) is 0.751. The van der Waals surface area contributed by atoms with Gasteiger partial charge >= 0.3 is 6.18 Å². The van der Waals surface area contributed by atoms with E-state index in [0.29, 0.717) is 18.2 Å². The van der Waals surface area contributed by atoms with Crippen LogP contribution in [0.5, 0.6) is 0 Å². The Morgan fingerprint density at radius 1 is 1.18 bits per heavy atom. The Hall–Kier alpha value is -1.10. The van der Waals surface area contributed by atoms with Gasteiger partial charge < -0.3 is 5.32 Å². The number of benzene rings is 1. The lowest BCUT2D eigenvalue weighted by atomic mass is 9.90. The van der Waals surface area contributed by atoms with E-state index in [9.17, 15) is 17.6 Å². The van der Waals surface area contributed by atoms with Crippen LogP contribution in [-0.4, -0.2) is 13.1 Å². The molecule has 0 unspecified atom stereocenters. The molecule has 1 heterocycles. The van der Waals surface area contributed by atoms with Crippen LogP contribution in [-0.2, 0) is 6.18 Å². The van der Waals surface area contributed by atoms with Crippen molar-refractivity contribution in [3.8, 4) is 0 Å². The second-order valence-electron chi connectivity index (χ2n) is 4.31. The highest BCUT2D eigenvalue weighted by Crippen LogP contribution is 2.33. The maximum Gasteiger partial charge on any atom is 0.416 e. The molecule has 1 fully saturated rings. The minimum Gasteiger partial charge on any atom is -0.316 e. The molecule has 1 aromatic carbocycles. The van der Waals surface area contributed by atoms with Crippen molar-refractivity contribution < 1.29 is 17.6 Å². The van der Waals surface area contributed by atoms with Gasteiger partial charge in [0.25, 0.3) is 0 Å². The molecule has 1 aromatic rings. The predicted molar refractivity (Wildman–Crippen MR) is 56.2 cm³/mol. The van der Waals surface area contributed by atoms with E-state index in [1.807, 2.05) is 0 Å². The van der Waals surface area contributed by atoms with Crippen LogP contribution >= 0.6 is 0 Å². The summed E-state index contributed by atoms with van der Waals surface area (Å²) in [6, 6.07) is 2.80. The third kappa shape index (κ3) is 2.97. The topological polar surface area (TPSA) is 12.0 Å². The number of nitrogens with one attached hydrogen (secondary N) is 1. The lowest BCUT2D eigenvalue weighted by Crippen LogP contribution is -2.28. The molecule has 1 aliphatic heterocycles. The first-order valence-corrected chi connectivity index (χ1v) is 5.55. The van der Waals surface area contributed by atoms with Gasteiger partial charge in [-0.2, -0.15) is 13.2 Å². The van der Waals surface area contributed by atoms with Crippen LogP contribution in [0.25, 0.3) is 0 Å². The summed E-state index contributed by atoms with van der Waals surface area (Å²) in [5, 5.41) is 3.11. The number of alkyl halides is 3. The summed E-state index contributed by atoms with van der Waals surface area (Å²) in [5.74, 6) is -0.846. The zero-order chi connectivity index (χ0) is 12.5. The number of hydrogen-bond donors (Lipinski definition) is 1. The molecule has 2 rings (SSSR count). The highest BCUT2D eigenvalue weighted by Gasteiger charge is 2.32. The fraction of sp³-hybridized carbons (Fsp3) is 0.500. The van der Waals surface area contributed by atoms with E-state index < -0.39 is 17.6 Å². The average molecular weight is 247 g/mol. The Morgan fingerprint density at radius 2 is 1.94 bits per heavy atom. The first-order valence-electron chi connectivity index (χ1n) is 5.55. The molecule has 0 saturated carbocycles. The molecule has 1 saturated heterocycles. The standard InChI is InChI=1S/C12H13F4N/c13-11-5-9(8-2-1-3-17-7-8)4-10(6-11)12(14,15)16/h4-6,8,17H,1-3,7H2/t8-/m1/s1. The van der Waals surface area contributed by atoms with Crippen molar-refractivity contribution in [1.29, 1.82) is 0 Å². The van der Waals surface area contributed by atoms with Crippen molar-refractivity contribution in [2.75, 3.05) is 13.1 Å². The van der Waals surface area contributed by atoms with Gasteiger partial charge in [-0.25, -0.2) is 4.39 Å². The fourth-order valence-electron chi connectivity index (χ4n) is 2.15. The molecule has 1 nitrogen and oxygen atoms in total. The smallest absolute Gasteiger partial charge is 0.316 e. The average Bonchev–Trinajstić information content (AvgIpc) is 2.28. The lowest BCUT2D eigenvalue weighted by molar-refractivity contribution is -0.137. The van der Waals surface area contributed by atoms with Gasteiger partial charge in [-0.3, -0.25) is 0 Å². The van der Waals surface area contributed by atoms with Gasteiger partial charge in [0, 0.05) is 6.54 Å². The SMILES string of the molecule is Fc1cc([C@@H]2CCCNC2)cc(C(F)(F)F)c1. The Kier molecular flexibility index (Phi) is 3.38. The number of piperidine rings is 1. The molecule has 1 atom stereocenters. The van der Waals surface area contributed by atoms with E-state index in [0.717, 1.165) is 25.5 Å². The second-order valence-corrected chi connectivity index (χ2v) is 4.31. The zero-order valence-corrected chi connectivity index (χ0v) is 9.15. The monoisotopic (exact) mass is 247 g/mol. The second kappa shape index (κ2) is 4.64. The normalized spacial score (nSPS) is 21.5. The number of rotatable bonds is 1. The van der Waals surface area contributed by atoms with E-state index in [1.165, 1.54) is 6.07 Å². The third-order valence-corrected chi connectivity index (χ3v) is 3.02. The third-order valence-electron chi connectivity index (χ3n) is 3.02. The van der Waals surface area contributed by atoms with Crippen LogP contribution in [0.4, 0.5) is 17.6 Å². The van der Waals surface area contributed by atoms with Crippen LogP contribution < -0.4 is 5.32 Å². The number of hydrogen-bond acceptors (Lipinski definition) is 1. The van der Waals surface area contributed by atoms with E-state index >= 15 is 0 Å². The van der Waals surface area contributed by atoms with Gasteiger partial charge in [-0.1, -0.05) is 0 Å². The molecule has 0 aromatic heterocycles. The van der Waals surface area contributed by atoms with Crippen LogP contribution in [0.15, 0.2) is 18.2 Å². The van der Waals surface area contributed by atoms with E-state index in [4.69, 9.17) is 0 Å². The summed E-state index contributed by atoms with van der Waals surface area (Å²) in [6.45, 7) is 1.48. The maximum absolute atomic E-state index is 13.2. The van der Waals surface area contributed by atoms with E-state index in [2.05, 4.69) is 5.32 Å². The Balaban J connectivity index is 2.31. The van der Waals surface area contributed by atoms with Gasteiger partial charge in [-0.05, 0) is 49.1 Å². The molecule has 0 radical (unpaired) electrons. The predicted octanol–water partition coefficient (Wildman–Crippen LogP) is 3.31. The van der Waals surface area contributed by atoms with Crippen LogP contribution in [0.1, 0.15) is 29.9 Å². The van der Waals surface area contributed by atoms with Gasteiger partial charge in [-0.15, -0.1) is 0 Å². The zero-order valence-electron chi connectivity index (χ0n) is 9.15. The molecular formula is C12H13F4N. The summed E-state index contributed by atoms with van der Waals surface area (Å²) in [5.41, 5.74) is -0.470. The Bertz CT molecular complexity index is 394. The molecule has 17 heavy (non-hydrogen) atoms. The minimum absolute atomic E-state index is 0.0273. The maximum atomic E-state index is 13.2.